The van der Waals surface area contributed by atoms with Gasteiger partial charge >= 0.3 is 5.97 Å². The number of carboxylic acids is 1. The number of hydrogen-bond acceptors (Lipinski definition) is 5. The maximum atomic E-state index is 12.7. The second kappa shape index (κ2) is 12.9. The molecule has 1 aromatic rings. The summed E-state index contributed by atoms with van der Waals surface area (Å²) >= 11 is 0. The van der Waals surface area contributed by atoms with E-state index in [0.29, 0.717) is 32.2 Å². The van der Waals surface area contributed by atoms with Gasteiger partial charge in [0.15, 0.2) is 0 Å². The van der Waals surface area contributed by atoms with Crippen LogP contribution in [0.5, 0.6) is 0 Å². The van der Waals surface area contributed by atoms with Crippen molar-refractivity contribution in [3.8, 4) is 0 Å². The van der Waals surface area contributed by atoms with E-state index in [-0.39, 0.29) is 12.3 Å². The predicted molar refractivity (Wildman–Crippen MR) is 112 cm³/mol. The van der Waals surface area contributed by atoms with Crippen LogP contribution in [0.25, 0.3) is 0 Å². The Balaban J connectivity index is 2.74. The van der Waals surface area contributed by atoms with Crippen LogP contribution in [-0.2, 0) is 20.8 Å². The summed E-state index contributed by atoms with van der Waals surface area (Å²) in [4.78, 5) is 36.7. The van der Waals surface area contributed by atoms with Crippen LogP contribution in [0, 0.1) is 5.92 Å². The standard InChI is InChI=1S/C21H34N4O4/c1-14(2)12-18(20(27)24-17(21(28)29)10-6-7-11-22)25-19(26)16(23)13-15-8-4-3-5-9-15/h3-5,8-9,14,16-18H,6-7,10-13,22-23H2,1-2H3,(H,24,27)(H,25,26)(H,28,29)/t16-,17+,18+/m0/s1. The third-order valence-electron chi connectivity index (χ3n) is 4.54. The van der Waals surface area contributed by atoms with E-state index in [4.69, 9.17) is 11.5 Å². The minimum absolute atomic E-state index is 0.122. The summed E-state index contributed by atoms with van der Waals surface area (Å²) in [5.74, 6) is -1.94. The molecule has 0 fully saturated rings. The molecule has 1 aromatic carbocycles. The fourth-order valence-corrected chi connectivity index (χ4v) is 2.96. The molecule has 8 heteroatoms. The van der Waals surface area contributed by atoms with Crippen molar-refractivity contribution in [1.82, 2.24) is 10.6 Å². The Hall–Kier alpha value is -2.45. The Bertz CT molecular complexity index is 651. The van der Waals surface area contributed by atoms with Gasteiger partial charge in [-0.3, -0.25) is 9.59 Å². The largest absolute Gasteiger partial charge is 0.480 e. The number of carbonyl (C=O) groups excluding carboxylic acids is 2. The highest BCUT2D eigenvalue weighted by molar-refractivity contribution is 5.91. The van der Waals surface area contributed by atoms with Gasteiger partial charge in [-0.15, -0.1) is 0 Å². The molecular weight excluding hydrogens is 372 g/mol. The average Bonchev–Trinajstić information content (AvgIpc) is 2.66. The molecule has 29 heavy (non-hydrogen) atoms. The molecule has 162 valence electrons. The Morgan fingerprint density at radius 2 is 1.62 bits per heavy atom. The second-order valence-corrected chi connectivity index (χ2v) is 7.67. The number of nitrogens with one attached hydrogen (secondary N) is 2. The van der Waals surface area contributed by atoms with E-state index < -0.39 is 35.9 Å². The highest BCUT2D eigenvalue weighted by Crippen LogP contribution is 2.09. The molecule has 1 rings (SSSR count). The fraction of sp³-hybridized carbons (Fsp3) is 0.571. The number of benzene rings is 1. The number of unbranched alkanes of at least 4 members (excludes halogenated alkanes) is 1. The van der Waals surface area contributed by atoms with Crippen molar-refractivity contribution in [2.24, 2.45) is 17.4 Å². The molecule has 0 aliphatic carbocycles. The zero-order valence-electron chi connectivity index (χ0n) is 17.3. The van der Waals surface area contributed by atoms with E-state index in [1.54, 1.807) is 0 Å². The van der Waals surface area contributed by atoms with E-state index in [2.05, 4.69) is 10.6 Å². The first kappa shape index (κ1) is 24.6. The van der Waals surface area contributed by atoms with Gasteiger partial charge < -0.3 is 27.2 Å². The van der Waals surface area contributed by atoms with Crippen LogP contribution >= 0.6 is 0 Å². The molecule has 0 aliphatic rings. The van der Waals surface area contributed by atoms with Crippen molar-refractivity contribution in [3.63, 3.8) is 0 Å². The van der Waals surface area contributed by atoms with Crippen LogP contribution in [-0.4, -0.2) is 47.6 Å². The number of rotatable bonds is 13. The molecule has 7 N–H and O–H groups in total. The Labute approximate surface area is 172 Å². The molecule has 0 saturated carbocycles. The van der Waals surface area contributed by atoms with Gasteiger partial charge in [0.25, 0.3) is 0 Å². The van der Waals surface area contributed by atoms with Gasteiger partial charge in [0, 0.05) is 0 Å². The average molecular weight is 407 g/mol. The summed E-state index contributed by atoms with van der Waals surface area (Å²) in [5.41, 5.74) is 12.4. The minimum Gasteiger partial charge on any atom is -0.480 e. The maximum absolute atomic E-state index is 12.7. The highest BCUT2D eigenvalue weighted by atomic mass is 16.4. The topological polar surface area (TPSA) is 148 Å². The van der Waals surface area contributed by atoms with Crippen LogP contribution in [0.2, 0.25) is 0 Å². The third kappa shape index (κ3) is 9.54. The fourth-order valence-electron chi connectivity index (χ4n) is 2.96. The molecule has 0 aromatic heterocycles. The molecule has 0 heterocycles. The zero-order valence-corrected chi connectivity index (χ0v) is 17.3. The number of nitrogens with two attached hydrogens (primary N) is 2. The summed E-state index contributed by atoms with van der Waals surface area (Å²) in [7, 11) is 0. The van der Waals surface area contributed by atoms with Crippen molar-refractivity contribution in [2.75, 3.05) is 6.54 Å². The Morgan fingerprint density at radius 3 is 2.17 bits per heavy atom. The molecule has 0 aliphatic heterocycles. The van der Waals surface area contributed by atoms with Crippen LogP contribution in [0.15, 0.2) is 30.3 Å². The lowest BCUT2D eigenvalue weighted by molar-refractivity contribution is -0.142. The predicted octanol–water partition coefficient (Wildman–Crippen LogP) is 0.786. The summed E-state index contributed by atoms with van der Waals surface area (Å²) < 4.78 is 0. The van der Waals surface area contributed by atoms with Crippen molar-refractivity contribution >= 4 is 17.8 Å². The van der Waals surface area contributed by atoms with Crippen LogP contribution in [0.4, 0.5) is 0 Å². The van der Waals surface area contributed by atoms with Crippen LogP contribution in [0.1, 0.15) is 45.1 Å². The number of carbonyl (C=O) groups is 3. The van der Waals surface area contributed by atoms with E-state index in [1.165, 1.54) is 0 Å². The number of amides is 2. The molecule has 0 bridgehead atoms. The van der Waals surface area contributed by atoms with Gasteiger partial charge in [-0.1, -0.05) is 44.2 Å². The molecule has 3 atom stereocenters. The lowest BCUT2D eigenvalue weighted by atomic mass is 10.0. The minimum atomic E-state index is -1.11. The maximum Gasteiger partial charge on any atom is 0.326 e. The van der Waals surface area contributed by atoms with Gasteiger partial charge in [-0.25, -0.2) is 4.79 Å². The first-order valence-corrected chi connectivity index (χ1v) is 10.1. The van der Waals surface area contributed by atoms with E-state index in [0.717, 1.165) is 5.56 Å². The van der Waals surface area contributed by atoms with Crippen LogP contribution < -0.4 is 22.1 Å². The molecule has 0 saturated heterocycles. The molecule has 8 nitrogen and oxygen atoms in total. The lowest BCUT2D eigenvalue weighted by Crippen LogP contribution is -2.55. The molecule has 2 amide bonds. The highest BCUT2D eigenvalue weighted by Gasteiger charge is 2.28. The zero-order chi connectivity index (χ0) is 21.8. The van der Waals surface area contributed by atoms with Gasteiger partial charge in [0.2, 0.25) is 11.8 Å². The molecule has 0 spiro atoms. The van der Waals surface area contributed by atoms with Gasteiger partial charge in [-0.2, -0.15) is 0 Å². The number of hydrogen-bond donors (Lipinski definition) is 5. The Morgan fingerprint density at radius 1 is 1.00 bits per heavy atom. The summed E-state index contributed by atoms with van der Waals surface area (Å²) in [5, 5.41) is 14.6. The monoisotopic (exact) mass is 406 g/mol. The van der Waals surface area contributed by atoms with Gasteiger partial charge in [0.05, 0.1) is 6.04 Å². The first-order valence-electron chi connectivity index (χ1n) is 10.1. The van der Waals surface area contributed by atoms with E-state index in [9.17, 15) is 19.5 Å². The summed E-state index contributed by atoms with van der Waals surface area (Å²) in [6.07, 6.45) is 2.29. The van der Waals surface area contributed by atoms with Crippen molar-refractivity contribution < 1.29 is 19.5 Å². The molecule has 0 radical (unpaired) electrons. The first-order chi connectivity index (χ1) is 13.7. The smallest absolute Gasteiger partial charge is 0.326 e. The van der Waals surface area contributed by atoms with Gasteiger partial charge in [-0.05, 0) is 50.1 Å². The second-order valence-electron chi connectivity index (χ2n) is 7.67. The third-order valence-corrected chi connectivity index (χ3v) is 4.54. The summed E-state index contributed by atoms with van der Waals surface area (Å²) in [6, 6.07) is 6.70. The molecule has 0 unspecified atom stereocenters. The van der Waals surface area contributed by atoms with Crippen molar-refractivity contribution in [1.29, 1.82) is 0 Å². The van der Waals surface area contributed by atoms with Gasteiger partial charge in [0.1, 0.15) is 12.1 Å². The van der Waals surface area contributed by atoms with Crippen molar-refractivity contribution in [3.05, 3.63) is 35.9 Å². The van der Waals surface area contributed by atoms with E-state index in [1.807, 2.05) is 44.2 Å². The normalized spacial score (nSPS) is 14.1. The SMILES string of the molecule is CC(C)C[C@@H](NC(=O)[C@@H](N)Cc1ccccc1)C(=O)N[C@H](CCCCN)C(=O)O. The van der Waals surface area contributed by atoms with Crippen molar-refractivity contribution in [2.45, 2.75) is 64.1 Å². The number of aliphatic carboxylic acids is 1. The quantitative estimate of drug-likeness (QED) is 0.306. The number of carboxylic acid groups (broad SMARTS) is 1. The van der Waals surface area contributed by atoms with E-state index >= 15 is 0 Å². The van der Waals surface area contributed by atoms with Crippen LogP contribution in [0.3, 0.4) is 0 Å². The Kier molecular flexibility index (Phi) is 10.9. The summed E-state index contributed by atoms with van der Waals surface area (Å²) in [6.45, 7) is 4.31. The lowest BCUT2D eigenvalue weighted by Gasteiger charge is -2.24. The molecular formula is C21H34N4O4.